The number of aromatic nitrogens is 2. The number of anilines is 1. The van der Waals surface area contributed by atoms with Crippen molar-refractivity contribution in [2.24, 2.45) is 0 Å². The first-order chi connectivity index (χ1) is 11.8. The van der Waals surface area contributed by atoms with Crippen molar-refractivity contribution in [3.8, 4) is 6.07 Å². The fraction of sp³-hybridized carbons (Fsp3) is 0.167. The lowest BCUT2D eigenvalue weighted by Crippen LogP contribution is -2.25. The molecule has 0 aliphatic heterocycles. The van der Waals surface area contributed by atoms with Crippen molar-refractivity contribution in [3.63, 3.8) is 0 Å². The van der Waals surface area contributed by atoms with Gasteiger partial charge in [0.25, 0.3) is 5.91 Å². The molecule has 0 saturated carbocycles. The number of rotatable bonds is 6. The van der Waals surface area contributed by atoms with Gasteiger partial charge in [-0.2, -0.15) is 5.26 Å². The summed E-state index contributed by atoms with van der Waals surface area (Å²) in [7, 11) is 0. The van der Waals surface area contributed by atoms with Gasteiger partial charge in [-0.1, -0.05) is 18.2 Å². The summed E-state index contributed by atoms with van der Waals surface area (Å²) in [5, 5.41) is 14.9. The number of nitriles is 1. The van der Waals surface area contributed by atoms with Crippen LogP contribution >= 0.6 is 0 Å². The van der Waals surface area contributed by atoms with Crippen LogP contribution in [0.15, 0.2) is 48.5 Å². The Labute approximate surface area is 139 Å². The van der Waals surface area contributed by atoms with Crippen LogP contribution in [0, 0.1) is 11.3 Å². The number of aromatic amines is 1. The van der Waals surface area contributed by atoms with E-state index in [4.69, 9.17) is 5.26 Å². The number of para-hydroxylation sites is 2. The lowest BCUT2D eigenvalue weighted by Gasteiger charge is -2.06. The maximum absolute atomic E-state index is 12.0. The normalized spacial score (nSPS) is 10.3. The molecule has 3 N–H and O–H groups in total. The van der Waals surface area contributed by atoms with Gasteiger partial charge in [0, 0.05) is 18.7 Å². The number of H-pyrrole nitrogens is 1. The Morgan fingerprint density at radius 2 is 2.04 bits per heavy atom. The van der Waals surface area contributed by atoms with Crippen molar-refractivity contribution >= 4 is 22.9 Å². The van der Waals surface area contributed by atoms with Crippen LogP contribution in [0.4, 0.5) is 5.95 Å². The zero-order valence-corrected chi connectivity index (χ0v) is 13.0. The Bertz CT molecular complexity index is 861. The number of hydrogen-bond acceptors (Lipinski definition) is 4. The van der Waals surface area contributed by atoms with E-state index in [1.165, 1.54) is 0 Å². The van der Waals surface area contributed by atoms with Crippen molar-refractivity contribution < 1.29 is 4.79 Å². The summed E-state index contributed by atoms with van der Waals surface area (Å²) in [6.45, 7) is 1.24. The average Bonchev–Trinajstić information content (AvgIpc) is 3.04. The minimum atomic E-state index is -0.171. The van der Waals surface area contributed by atoms with Crippen LogP contribution in [0.1, 0.15) is 22.3 Å². The molecular weight excluding hydrogens is 302 g/mol. The lowest BCUT2D eigenvalue weighted by molar-refractivity contribution is 0.0953. The second kappa shape index (κ2) is 7.29. The van der Waals surface area contributed by atoms with E-state index in [1.807, 2.05) is 30.3 Å². The van der Waals surface area contributed by atoms with Crippen molar-refractivity contribution in [3.05, 3.63) is 59.7 Å². The number of benzene rings is 2. The maximum atomic E-state index is 12.0. The molecule has 1 aromatic heterocycles. The number of nitrogens with one attached hydrogen (secondary N) is 3. The Morgan fingerprint density at radius 3 is 2.88 bits per heavy atom. The van der Waals surface area contributed by atoms with E-state index >= 15 is 0 Å². The summed E-state index contributed by atoms with van der Waals surface area (Å²) < 4.78 is 0. The first kappa shape index (κ1) is 15.6. The first-order valence-electron chi connectivity index (χ1n) is 7.73. The van der Waals surface area contributed by atoms with Crippen LogP contribution in [-0.4, -0.2) is 29.0 Å². The van der Waals surface area contributed by atoms with Gasteiger partial charge in [0.05, 0.1) is 22.7 Å². The molecule has 0 aliphatic carbocycles. The molecule has 6 nitrogen and oxygen atoms in total. The predicted octanol–water partition coefficient (Wildman–Crippen LogP) is 2.67. The number of hydrogen-bond donors (Lipinski definition) is 3. The number of amides is 1. The highest BCUT2D eigenvalue weighted by molar-refractivity contribution is 5.94. The molecule has 0 spiro atoms. The van der Waals surface area contributed by atoms with Gasteiger partial charge < -0.3 is 15.6 Å². The molecule has 0 aliphatic rings. The summed E-state index contributed by atoms with van der Waals surface area (Å²) in [5.41, 5.74) is 2.89. The summed E-state index contributed by atoms with van der Waals surface area (Å²) in [6, 6.07) is 16.5. The van der Waals surface area contributed by atoms with Gasteiger partial charge in [0.1, 0.15) is 0 Å². The predicted molar refractivity (Wildman–Crippen MR) is 92.7 cm³/mol. The second-order valence-corrected chi connectivity index (χ2v) is 5.33. The van der Waals surface area contributed by atoms with E-state index in [9.17, 15) is 4.79 Å². The zero-order chi connectivity index (χ0) is 16.8. The smallest absolute Gasteiger partial charge is 0.251 e. The van der Waals surface area contributed by atoms with Crippen molar-refractivity contribution in [2.75, 3.05) is 18.4 Å². The van der Waals surface area contributed by atoms with Gasteiger partial charge in [-0.15, -0.1) is 0 Å². The molecule has 3 aromatic rings. The molecule has 0 fully saturated rings. The number of nitrogens with zero attached hydrogens (tertiary/aromatic N) is 2. The molecule has 2 aromatic carbocycles. The number of imidazole rings is 1. The zero-order valence-electron chi connectivity index (χ0n) is 13.0. The molecule has 6 heteroatoms. The quantitative estimate of drug-likeness (QED) is 0.609. The van der Waals surface area contributed by atoms with E-state index in [2.05, 4.69) is 20.6 Å². The Kier molecular flexibility index (Phi) is 4.73. The molecule has 120 valence electrons. The van der Waals surface area contributed by atoms with Gasteiger partial charge >= 0.3 is 0 Å². The standard InChI is InChI=1S/C18H17N5O/c19-12-13-5-3-6-14(11-13)17(24)20-9-4-10-21-18-22-15-7-1-2-8-16(15)23-18/h1-3,5-8,11H,4,9-10H2,(H,20,24)(H2,21,22,23). The van der Waals surface area contributed by atoms with E-state index in [0.717, 1.165) is 23.4 Å². The maximum Gasteiger partial charge on any atom is 0.251 e. The molecule has 0 saturated heterocycles. The van der Waals surface area contributed by atoms with Gasteiger partial charge in [0.2, 0.25) is 5.95 Å². The van der Waals surface area contributed by atoms with Gasteiger partial charge in [-0.25, -0.2) is 4.98 Å². The first-order valence-corrected chi connectivity index (χ1v) is 7.73. The SMILES string of the molecule is N#Cc1cccc(C(=O)NCCCNc2nc3ccccc3[nH]2)c1. The molecule has 1 heterocycles. The molecule has 0 unspecified atom stereocenters. The van der Waals surface area contributed by atoms with Gasteiger partial charge in [0.15, 0.2) is 0 Å². The van der Waals surface area contributed by atoms with Crippen LogP contribution < -0.4 is 10.6 Å². The minimum Gasteiger partial charge on any atom is -0.356 e. The highest BCUT2D eigenvalue weighted by atomic mass is 16.1. The summed E-state index contributed by atoms with van der Waals surface area (Å²) >= 11 is 0. The highest BCUT2D eigenvalue weighted by Crippen LogP contribution is 2.12. The van der Waals surface area contributed by atoms with E-state index in [1.54, 1.807) is 24.3 Å². The molecule has 0 atom stereocenters. The number of carbonyl (C=O) groups excluding carboxylic acids is 1. The topological polar surface area (TPSA) is 93.6 Å². The lowest BCUT2D eigenvalue weighted by atomic mass is 10.1. The molecule has 0 bridgehead atoms. The third-order valence-corrected chi connectivity index (χ3v) is 3.57. The van der Waals surface area contributed by atoms with Crippen molar-refractivity contribution in [1.29, 1.82) is 5.26 Å². The largest absolute Gasteiger partial charge is 0.356 e. The molecule has 24 heavy (non-hydrogen) atoms. The fourth-order valence-corrected chi connectivity index (χ4v) is 2.37. The van der Waals surface area contributed by atoms with Crippen LogP contribution in [0.3, 0.4) is 0 Å². The summed E-state index contributed by atoms with van der Waals surface area (Å²) in [5.74, 6) is 0.556. The minimum absolute atomic E-state index is 0.171. The number of fused-ring (bicyclic) bond motifs is 1. The van der Waals surface area contributed by atoms with Crippen molar-refractivity contribution in [1.82, 2.24) is 15.3 Å². The van der Waals surface area contributed by atoms with Crippen molar-refractivity contribution in [2.45, 2.75) is 6.42 Å². The second-order valence-electron chi connectivity index (χ2n) is 5.33. The third-order valence-electron chi connectivity index (χ3n) is 3.57. The fourth-order valence-electron chi connectivity index (χ4n) is 2.37. The van der Waals surface area contributed by atoms with Crippen LogP contribution in [0.25, 0.3) is 11.0 Å². The number of carbonyl (C=O) groups is 1. The van der Waals surface area contributed by atoms with E-state index < -0.39 is 0 Å². The van der Waals surface area contributed by atoms with E-state index in [-0.39, 0.29) is 5.91 Å². The molecular formula is C18H17N5O. The summed E-state index contributed by atoms with van der Waals surface area (Å²) in [4.78, 5) is 19.6. The van der Waals surface area contributed by atoms with Crippen LogP contribution in [-0.2, 0) is 0 Å². The van der Waals surface area contributed by atoms with Gasteiger partial charge in [-0.3, -0.25) is 4.79 Å². The van der Waals surface area contributed by atoms with Gasteiger partial charge in [-0.05, 0) is 36.8 Å². The van der Waals surface area contributed by atoms with Crippen LogP contribution in [0.2, 0.25) is 0 Å². The monoisotopic (exact) mass is 319 g/mol. The highest BCUT2D eigenvalue weighted by Gasteiger charge is 2.05. The average molecular weight is 319 g/mol. The Balaban J connectivity index is 1.43. The molecule has 1 amide bonds. The van der Waals surface area contributed by atoms with Crippen LogP contribution in [0.5, 0.6) is 0 Å². The third kappa shape index (κ3) is 3.70. The summed E-state index contributed by atoms with van der Waals surface area (Å²) in [6.07, 6.45) is 0.765. The molecule has 3 rings (SSSR count). The molecule has 0 radical (unpaired) electrons. The Morgan fingerprint density at radius 1 is 1.17 bits per heavy atom. The Hall–Kier alpha value is -3.33. The van der Waals surface area contributed by atoms with E-state index in [0.29, 0.717) is 24.2 Å².